The summed E-state index contributed by atoms with van der Waals surface area (Å²) in [5.74, 6) is 0.194. The number of carbonyl (C=O) groups excluding carboxylic acids is 1. The molecule has 0 bridgehead atoms. The molecule has 0 atom stereocenters. The van der Waals surface area contributed by atoms with E-state index < -0.39 is 0 Å². The minimum atomic E-state index is -0.216. The van der Waals surface area contributed by atoms with Gasteiger partial charge in [0, 0.05) is 48.8 Å². The fourth-order valence-corrected chi connectivity index (χ4v) is 2.99. The number of benzene rings is 1. The molecular formula is C21H20N6O. The van der Waals surface area contributed by atoms with Crippen molar-refractivity contribution in [2.24, 2.45) is 0 Å². The third-order valence-electron chi connectivity index (χ3n) is 4.42. The van der Waals surface area contributed by atoms with E-state index in [1.165, 1.54) is 10.9 Å². The van der Waals surface area contributed by atoms with Gasteiger partial charge in [0.05, 0.1) is 0 Å². The Bertz CT molecular complexity index is 1080. The Morgan fingerprint density at radius 1 is 1.07 bits per heavy atom. The number of anilines is 1. The van der Waals surface area contributed by atoms with Crippen molar-refractivity contribution in [1.82, 2.24) is 25.3 Å². The van der Waals surface area contributed by atoms with Crippen LogP contribution in [0.3, 0.4) is 0 Å². The van der Waals surface area contributed by atoms with E-state index in [1.807, 2.05) is 36.5 Å². The first-order chi connectivity index (χ1) is 13.8. The lowest BCUT2D eigenvalue weighted by molar-refractivity contribution is 0.0949. The van der Waals surface area contributed by atoms with Gasteiger partial charge < -0.3 is 15.6 Å². The number of hydrogen-bond donors (Lipinski definition) is 3. The highest BCUT2D eigenvalue weighted by Gasteiger charge is 2.09. The van der Waals surface area contributed by atoms with Gasteiger partial charge in [-0.1, -0.05) is 24.3 Å². The van der Waals surface area contributed by atoms with E-state index in [1.54, 1.807) is 24.7 Å². The molecular weight excluding hydrogens is 352 g/mol. The number of para-hydroxylation sites is 1. The molecule has 0 saturated carbocycles. The lowest BCUT2D eigenvalue weighted by atomic mass is 10.1. The zero-order valence-electron chi connectivity index (χ0n) is 15.2. The van der Waals surface area contributed by atoms with Crippen LogP contribution < -0.4 is 10.6 Å². The number of fused-ring (bicyclic) bond motifs is 1. The summed E-state index contributed by atoms with van der Waals surface area (Å²) < 4.78 is 0. The van der Waals surface area contributed by atoms with Gasteiger partial charge in [-0.15, -0.1) is 0 Å². The highest BCUT2D eigenvalue weighted by atomic mass is 16.1. The number of H-pyrrole nitrogens is 1. The summed E-state index contributed by atoms with van der Waals surface area (Å²) >= 11 is 0. The van der Waals surface area contributed by atoms with Gasteiger partial charge in [0.25, 0.3) is 5.91 Å². The molecule has 28 heavy (non-hydrogen) atoms. The van der Waals surface area contributed by atoms with Crippen LogP contribution >= 0.6 is 0 Å². The molecule has 3 N–H and O–H groups in total. The van der Waals surface area contributed by atoms with E-state index in [4.69, 9.17) is 0 Å². The van der Waals surface area contributed by atoms with Crippen LogP contribution in [0.1, 0.15) is 21.6 Å². The van der Waals surface area contributed by atoms with Gasteiger partial charge in [0.1, 0.15) is 5.69 Å². The van der Waals surface area contributed by atoms with E-state index in [0.717, 1.165) is 17.5 Å². The van der Waals surface area contributed by atoms with Crippen molar-refractivity contribution in [2.45, 2.75) is 13.0 Å². The monoisotopic (exact) mass is 372 g/mol. The number of aromatic nitrogens is 4. The second-order valence-electron chi connectivity index (χ2n) is 6.35. The quantitative estimate of drug-likeness (QED) is 0.464. The largest absolute Gasteiger partial charge is 0.361 e. The molecule has 4 aromatic rings. The van der Waals surface area contributed by atoms with Crippen LogP contribution in [0, 0.1) is 0 Å². The molecule has 1 aromatic carbocycles. The number of hydrogen-bond acceptors (Lipinski definition) is 5. The van der Waals surface area contributed by atoms with Crippen LogP contribution in [0.2, 0.25) is 0 Å². The Kier molecular flexibility index (Phi) is 5.24. The van der Waals surface area contributed by atoms with Gasteiger partial charge in [0.2, 0.25) is 5.95 Å². The van der Waals surface area contributed by atoms with Crippen LogP contribution in [0.4, 0.5) is 5.95 Å². The Balaban J connectivity index is 1.33. The molecule has 0 aliphatic carbocycles. The number of nitrogens with one attached hydrogen (secondary N) is 3. The van der Waals surface area contributed by atoms with Crippen LogP contribution in [-0.2, 0) is 13.0 Å². The average Bonchev–Trinajstić information content (AvgIpc) is 3.16. The van der Waals surface area contributed by atoms with Gasteiger partial charge in [-0.2, -0.15) is 0 Å². The molecule has 7 nitrogen and oxygen atoms in total. The summed E-state index contributed by atoms with van der Waals surface area (Å²) in [6, 6.07) is 13.6. The molecule has 0 aliphatic heterocycles. The number of carbonyl (C=O) groups is 1. The molecule has 0 fully saturated rings. The molecule has 0 saturated heterocycles. The summed E-state index contributed by atoms with van der Waals surface area (Å²) in [6.07, 6.45) is 7.80. The lowest BCUT2D eigenvalue weighted by Crippen LogP contribution is -2.26. The lowest BCUT2D eigenvalue weighted by Gasteiger charge is -2.07. The van der Waals surface area contributed by atoms with Gasteiger partial charge in [-0.3, -0.25) is 9.78 Å². The first-order valence-corrected chi connectivity index (χ1v) is 9.08. The number of rotatable bonds is 7. The van der Waals surface area contributed by atoms with Crippen molar-refractivity contribution in [1.29, 1.82) is 0 Å². The summed E-state index contributed by atoms with van der Waals surface area (Å²) in [6.45, 7) is 1.07. The van der Waals surface area contributed by atoms with Crippen molar-refractivity contribution < 1.29 is 4.79 Å². The zero-order valence-corrected chi connectivity index (χ0v) is 15.2. The van der Waals surface area contributed by atoms with E-state index in [0.29, 0.717) is 24.7 Å². The van der Waals surface area contributed by atoms with Crippen molar-refractivity contribution >= 4 is 22.8 Å². The van der Waals surface area contributed by atoms with Gasteiger partial charge in [-0.25, -0.2) is 9.97 Å². The summed E-state index contributed by atoms with van der Waals surface area (Å²) in [5.41, 5.74) is 3.63. The van der Waals surface area contributed by atoms with Crippen LogP contribution in [0.25, 0.3) is 10.9 Å². The van der Waals surface area contributed by atoms with Gasteiger partial charge in [0.15, 0.2) is 0 Å². The van der Waals surface area contributed by atoms with Crippen molar-refractivity contribution in [3.05, 3.63) is 84.1 Å². The molecule has 3 heterocycles. The predicted octanol–water partition coefficient (Wildman–Crippen LogP) is 2.94. The number of amides is 1. The topological polar surface area (TPSA) is 95.6 Å². The highest BCUT2D eigenvalue weighted by molar-refractivity contribution is 5.92. The van der Waals surface area contributed by atoms with E-state index >= 15 is 0 Å². The second kappa shape index (κ2) is 8.30. The predicted molar refractivity (Wildman–Crippen MR) is 108 cm³/mol. The smallest absolute Gasteiger partial charge is 0.270 e. The molecule has 7 heteroatoms. The summed E-state index contributed by atoms with van der Waals surface area (Å²) in [5, 5.41) is 7.21. The highest BCUT2D eigenvalue weighted by Crippen LogP contribution is 2.17. The van der Waals surface area contributed by atoms with Crippen LogP contribution in [0.5, 0.6) is 0 Å². The van der Waals surface area contributed by atoms with E-state index in [2.05, 4.69) is 36.6 Å². The number of nitrogens with zero attached hydrogens (tertiary/aromatic N) is 3. The number of pyridine rings is 1. The number of aromatic amines is 1. The third-order valence-corrected chi connectivity index (χ3v) is 4.42. The standard InChI is InChI=1S/C21H20N6O/c28-20(23-10-7-16-14-25-18-6-2-1-5-17(16)18)19-8-11-24-21(27-19)26-13-15-4-3-9-22-12-15/h1-6,8-9,11-12,14,25H,7,10,13H2,(H,23,28)(H,24,26,27). The molecule has 3 aromatic heterocycles. The second-order valence-corrected chi connectivity index (χ2v) is 6.35. The third kappa shape index (κ3) is 4.15. The molecule has 140 valence electrons. The maximum Gasteiger partial charge on any atom is 0.270 e. The van der Waals surface area contributed by atoms with Gasteiger partial charge in [-0.05, 0) is 35.7 Å². The molecule has 0 aliphatic rings. The van der Waals surface area contributed by atoms with Crippen LogP contribution in [-0.4, -0.2) is 32.4 Å². The fourth-order valence-electron chi connectivity index (χ4n) is 2.99. The molecule has 0 spiro atoms. The fraction of sp³-hybridized carbons (Fsp3) is 0.143. The first-order valence-electron chi connectivity index (χ1n) is 9.08. The Morgan fingerprint density at radius 3 is 2.89 bits per heavy atom. The van der Waals surface area contributed by atoms with Crippen molar-refractivity contribution in [3.63, 3.8) is 0 Å². The molecule has 0 radical (unpaired) electrons. The summed E-state index contributed by atoms with van der Waals surface area (Å²) in [4.78, 5) is 28.2. The van der Waals surface area contributed by atoms with Crippen molar-refractivity contribution in [3.8, 4) is 0 Å². The Morgan fingerprint density at radius 2 is 2.00 bits per heavy atom. The molecule has 4 rings (SSSR count). The normalized spacial score (nSPS) is 10.7. The average molecular weight is 372 g/mol. The Hall–Kier alpha value is -3.74. The van der Waals surface area contributed by atoms with Crippen LogP contribution in [0.15, 0.2) is 67.3 Å². The SMILES string of the molecule is O=C(NCCc1c[nH]c2ccccc12)c1ccnc(NCc2cccnc2)n1. The maximum absolute atomic E-state index is 12.4. The van der Waals surface area contributed by atoms with Crippen molar-refractivity contribution in [2.75, 3.05) is 11.9 Å². The van der Waals surface area contributed by atoms with E-state index in [9.17, 15) is 4.79 Å². The molecule has 0 unspecified atom stereocenters. The Labute approximate surface area is 162 Å². The minimum Gasteiger partial charge on any atom is -0.361 e. The van der Waals surface area contributed by atoms with Gasteiger partial charge >= 0.3 is 0 Å². The zero-order chi connectivity index (χ0) is 19.2. The first kappa shape index (κ1) is 17.7. The summed E-state index contributed by atoms with van der Waals surface area (Å²) in [7, 11) is 0. The molecule has 1 amide bonds. The minimum absolute atomic E-state index is 0.216. The maximum atomic E-state index is 12.4. The van der Waals surface area contributed by atoms with E-state index in [-0.39, 0.29) is 5.91 Å².